The van der Waals surface area contributed by atoms with Gasteiger partial charge < -0.3 is 10.6 Å². The van der Waals surface area contributed by atoms with Gasteiger partial charge in [0.1, 0.15) is 6.04 Å². The van der Waals surface area contributed by atoms with Crippen LogP contribution in [-0.4, -0.2) is 40.9 Å². The van der Waals surface area contributed by atoms with Gasteiger partial charge in [-0.1, -0.05) is 41.4 Å². The van der Waals surface area contributed by atoms with Gasteiger partial charge in [-0.25, -0.2) is 0 Å². The van der Waals surface area contributed by atoms with Gasteiger partial charge in [0.2, 0.25) is 5.91 Å². The Morgan fingerprint density at radius 1 is 1.03 bits per heavy atom. The molecular formula is C24H27Cl2N3O2. The fourth-order valence-corrected chi connectivity index (χ4v) is 5.07. The van der Waals surface area contributed by atoms with Crippen LogP contribution in [0.5, 0.6) is 0 Å². The van der Waals surface area contributed by atoms with Crippen molar-refractivity contribution in [3.05, 3.63) is 69.7 Å². The number of carbonyl (C=O) groups is 2. The van der Waals surface area contributed by atoms with Crippen LogP contribution in [0, 0.1) is 0 Å². The summed E-state index contributed by atoms with van der Waals surface area (Å²) < 4.78 is 0. The highest BCUT2D eigenvalue weighted by Crippen LogP contribution is 2.37. The van der Waals surface area contributed by atoms with Gasteiger partial charge in [-0.15, -0.1) is 0 Å². The van der Waals surface area contributed by atoms with E-state index in [1.807, 2.05) is 12.1 Å². The van der Waals surface area contributed by atoms with Crippen LogP contribution in [0.3, 0.4) is 0 Å². The summed E-state index contributed by atoms with van der Waals surface area (Å²) in [6, 6.07) is 15.2. The lowest BCUT2D eigenvalue weighted by Gasteiger charge is -2.39. The van der Waals surface area contributed by atoms with Crippen LogP contribution in [0.4, 0.5) is 0 Å². The van der Waals surface area contributed by atoms with E-state index in [1.165, 1.54) is 5.56 Å². The number of nitrogens with one attached hydrogen (secondary N) is 2. The van der Waals surface area contributed by atoms with Crippen LogP contribution < -0.4 is 10.6 Å². The van der Waals surface area contributed by atoms with Crippen LogP contribution in [-0.2, 0) is 11.3 Å². The fourth-order valence-electron chi connectivity index (χ4n) is 4.75. The second-order valence-corrected chi connectivity index (χ2v) is 9.44. The lowest BCUT2D eigenvalue weighted by atomic mass is 9.96. The SMILES string of the molecule is C[C@H](NC(=O)c1cccc(Cl)c1)C(=O)NC1C[C@@H]2CC[C@@H](C1)N2Cc1ccc(Cl)cc1. The topological polar surface area (TPSA) is 61.4 Å². The zero-order valence-electron chi connectivity index (χ0n) is 17.5. The molecule has 7 heteroatoms. The maximum Gasteiger partial charge on any atom is 0.251 e. The molecule has 2 N–H and O–H groups in total. The predicted molar refractivity (Wildman–Crippen MR) is 123 cm³/mol. The molecule has 2 aromatic rings. The monoisotopic (exact) mass is 459 g/mol. The molecule has 5 nitrogen and oxygen atoms in total. The molecular weight excluding hydrogens is 433 g/mol. The summed E-state index contributed by atoms with van der Waals surface area (Å²) in [5.41, 5.74) is 1.71. The quantitative estimate of drug-likeness (QED) is 0.671. The molecule has 4 rings (SSSR count). The highest BCUT2D eigenvalue weighted by molar-refractivity contribution is 6.31. The minimum Gasteiger partial charge on any atom is -0.351 e. The molecule has 2 aliphatic heterocycles. The summed E-state index contributed by atoms with van der Waals surface area (Å²) in [4.78, 5) is 27.7. The molecule has 0 unspecified atom stereocenters. The number of nitrogens with zero attached hydrogens (tertiary/aromatic N) is 1. The van der Waals surface area contributed by atoms with Crippen molar-refractivity contribution in [1.29, 1.82) is 0 Å². The van der Waals surface area contributed by atoms with Gasteiger partial charge in [-0.3, -0.25) is 14.5 Å². The zero-order chi connectivity index (χ0) is 22.0. The maximum atomic E-state index is 12.7. The van der Waals surface area contributed by atoms with Crippen LogP contribution in [0.1, 0.15) is 48.5 Å². The molecule has 0 spiro atoms. The standard InChI is InChI=1S/C24H27Cl2N3O2/c1-15(27-24(31)17-3-2-4-19(26)11-17)23(30)28-20-12-21-9-10-22(13-20)29(21)14-16-5-7-18(25)8-6-16/h2-8,11,15,20-22H,9-10,12-14H2,1H3,(H,27,31)(H,28,30)/t15-,21-,22-/m0/s1. The molecule has 2 aromatic carbocycles. The Kier molecular flexibility index (Phi) is 6.85. The second kappa shape index (κ2) is 9.60. The maximum absolute atomic E-state index is 12.7. The van der Waals surface area contributed by atoms with E-state index in [0.717, 1.165) is 37.3 Å². The van der Waals surface area contributed by atoms with Crippen molar-refractivity contribution in [2.75, 3.05) is 0 Å². The highest BCUT2D eigenvalue weighted by atomic mass is 35.5. The molecule has 0 aliphatic carbocycles. The van der Waals surface area contributed by atoms with E-state index in [9.17, 15) is 9.59 Å². The average molecular weight is 460 g/mol. The summed E-state index contributed by atoms with van der Waals surface area (Å²) in [7, 11) is 0. The number of piperidine rings is 1. The van der Waals surface area contributed by atoms with E-state index in [2.05, 4.69) is 27.7 Å². The van der Waals surface area contributed by atoms with E-state index in [1.54, 1.807) is 31.2 Å². The Labute approximate surface area is 193 Å². The number of benzene rings is 2. The minimum absolute atomic E-state index is 0.136. The summed E-state index contributed by atoms with van der Waals surface area (Å²) in [6.07, 6.45) is 4.19. The Morgan fingerprint density at radius 3 is 2.35 bits per heavy atom. The number of halogens is 2. The number of hydrogen-bond donors (Lipinski definition) is 2. The third-order valence-corrected chi connectivity index (χ3v) is 6.82. The lowest BCUT2D eigenvalue weighted by molar-refractivity contribution is -0.123. The number of rotatable bonds is 6. The summed E-state index contributed by atoms with van der Waals surface area (Å²) >= 11 is 12.0. The lowest BCUT2D eigenvalue weighted by Crippen LogP contribution is -2.53. The molecule has 3 atom stereocenters. The molecule has 164 valence electrons. The van der Waals surface area contributed by atoms with Gasteiger partial charge in [0.15, 0.2) is 0 Å². The van der Waals surface area contributed by atoms with Crippen LogP contribution in [0.25, 0.3) is 0 Å². The number of carbonyl (C=O) groups excluding carboxylic acids is 2. The number of amides is 2. The van der Waals surface area contributed by atoms with E-state index >= 15 is 0 Å². The van der Waals surface area contributed by atoms with Crippen molar-refractivity contribution in [3.63, 3.8) is 0 Å². The molecule has 2 heterocycles. The second-order valence-electron chi connectivity index (χ2n) is 8.57. The molecule has 0 aromatic heterocycles. The zero-order valence-corrected chi connectivity index (χ0v) is 19.0. The first kappa shape index (κ1) is 22.1. The van der Waals surface area contributed by atoms with Gasteiger partial charge in [-0.2, -0.15) is 0 Å². The smallest absolute Gasteiger partial charge is 0.251 e. The summed E-state index contributed by atoms with van der Waals surface area (Å²) in [5, 5.41) is 7.17. The summed E-state index contributed by atoms with van der Waals surface area (Å²) in [6.45, 7) is 2.63. The largest absolute Gasteiger partial charge is 0.351 e. The summed E-state index contributed by atoms with van der Waals surface area (Å²) in [5.74, 6) is -0.450. The molecule has 2 aliphatic rings. The van der Waals surface area contributed by atoms with Crippen LogP contribution in [0.15, 0.2) is 48.5 Å². The molecule has 2 bridgehead atoms. The van der Waals surface area contributed by atoms with Gasteiger partial charge in [0.25, 0.3) is 5.91 Å². The third-order valence-electron chi connectivity index (χ3n) is 6.34. The normalized spacial score (nSPS) is 23.9. The number of hydrogen-bond acceptors (Lipinski definition) is 3. The molecule has 2 saturated heterocycles. The molecule has 2 amide bonds. The van der Waals surface area contributed by atoms with E-state index in [-0.39, 0.29) is 17.9 Å². The van der Waals surface area contributed by atoms with Crippen molar-refractivity contribution in [1.82, 2.24) is 15.5 Å². The van der Waals surface area contributed by atoms with E-state index in [4.69, 9.17) is 23.2 Å². The van der Waals surface area contributed by atoms with Gasteiger partial charge in [0, 0.05) is 40.3 Å². The van der Waals surface area contributed by atoms with Crippen LogP contribution in [0.2, 0.25) is 10.0 Å². The minimum atomic E-state index is -0.615. The molecule has 0 radical (unpaired) electrons. The van der Waals surface area contributed by atoms with Crippen molar-refractivity contribution >= 4 is 35.0 Å². The number of fused-ring (bicyclic) bond motifs is 2. The van der Waals surface area contributed by atoms with Crippen molar-refractivity contribution in [2.45, 2.75) is 63.3 Å². The van der Waals surface area contributed by atoms with E-state index in [0.29, 0.717) is 22.7 Å². The van der Waals surface area contributed by atoms with Crippen LogP contribution >= 0.6 is 23.2 Å². The third kappa shape index (κ3) is 5.40. The Morgan fingerprint density at radius 2 is 1.71 bits per heavy atom. The van der Waals surface area contributed by atoms with Crippen molar-refractivity contribution in [2.24, 2.45) is 0 Å². The molecule has 0 saturated carbocycles. The highest BCUT2D eigenvalue weighted by Gasteiger charge is 2.41. The van der Waals surface area contributed by atoms with Gasteiger partial charge in [0.05, 0.1) is 0 Å². The Bertz CT molecular complexity index is 936. The molecule has 31 heavy (non-hydrogen) atoms. The first-order valence-corrected chi connectivity index (χ1v) is 11.5. The van der Waals surface area contributed by atoms with E-state index < -0.39 is 6.04 Å². The first-order valence-electron chi connectivity index (χ1n) is 10.8. The van der Waals surface area contributed by atoms with Crippen molar-refractivity contribution in [3.8, 4) is 0 Å². The first-order chi connectivity index (χ1) is 14.9. The Hall–Kier alpha value is -2.08. The molecule has 2 fully saturated rings. The van der Waals surface area contributed by atoms with Crippen molar-refractivity contribution < 1.29 is 9.59 Å². The Balaban J connectivity index is 1.30. The van der Waals surface area contributed by atoms with Gasteiger partial charge in [-0.05, 0) is 68.5 Å². The predicted octanol–water partition coefficient (Wildman–Crippen LogP) is 4.42. The fraction of sp³-hybridized carbons (Fsp3) is 0.417. The van der Waals surface area contributed by atoms with Gasteiger partial charge >= 0.3 is 0 Å². The average Bonchev–Trinajstić information content (AvgIpc) is 2.97.